The summed E-state index contributed by atoms with van der Waals surface area (Å²) in [7, 11) is 1.54. The number of ether oxygens (including phenoxy) is 2. The maximum Gasteiger partial charge on any atom is 0.169 e. The lowest BCUT2D eigenvalue weighted by Gasteiger charge is -2.12. The lowest BCUT2D eigenvalue weighted by Crippen LogP contribution is -1.96. The zero-order valence-corrected chi connectivity index (χ0v) is 11.7. The average Bonchev–Trinajstić information content (AvgIpc) is 2.42. The van der Waals surface area contributed by atoms with Gasteiger partial charge in [-0.3, -0.25) is 0 Å². The molecule has 1 atom stereocenters. The van der Waals surface area contributed by atoms with E-state index in [2.05, 4.69) is 0 Å². The monoisotopic (exact) mass is 276 g/mol. The number of aliphatic hydroxyl groups is 1. The molecule has 0 bridgehead atoms. The van der Waals surface area contributed by atoms with E-state index in [0.29, 0.717) is 17.1 Å². The van der Waals surface area contributed by atoms with Gasteiger partial charge in [-0.2, -0.15) is 0 Å². The Balaban J connectivity index is 2.30. The Hall–Kier alpha value is -2.07. The zero-order chi connectivity index (χ0) is 14.7. The fourth-order valence-electron chi connectivity index (χ4n) is 1.84. The molecule has 2 aromatic rings. The Bertz CT molecular complexity index is 609. The lowest BCUT2D eigenvalue weighted by molar-refractivity contribution is 0.198. The van der Waals surface area contributed by atoms with Crippen LogP contribution in [-0.2, 0) is 0 Å². The van der Waals surface area contributed by atoms with Crippen LogP contribution in [0.3, 0.4) is 0 Å². The van der Waals surface area contributed by atoms with Gasteiger partial charge in [0.2, 0.25) is 0 Å². The van der Waals surface area contributed by atoms with Crippen LogP contribution in [-0.4, -0.2) is 12.2 Å². The molecule has 0 aliphatic heterocycles. The van der Waals surface area contributed by atoms with Crippen molar-refractivity contribution in [2.75, 3.05) is 7.11 Å². The number of aliphatic hydroxyl groups excluding tert-OH is 1. The lowest BCUT2D eigenvalue weighted by atomic mass is 10.1. The van der Waals surface area contributed by atoms with Crippen LogP contribution in [0.15, 0.2) is 36.4 Å². The van der Waals surface area contributed by atoms with Crippen molar-refractivity contribution in [2.45, 2.75) is 20.0 Å². The van der Waals surface area contributed by atoms with Gasteiger partial charge in [0.25, 0.3) is 0 Å². The third-order valence-electron chi connectivity index (χ3n) is 2.98. The number of halogens is 1. The maximum atomic E-state index is 13.9. The maximum absolute atomic E-state index is 13.9. The molecule has 0 spiro atoms. The van der Waals surface area contributed by atoms with E-state index in [1.807, 2.05) is 19.1 Å². The highest BCUT2D eigenvalue weighted by Gasteiger charge is 2.11. The zero-order valence-electron chi connectivity index (χ0n) is 11.7. The molecule has 0 unspecified atom stereocenters. The van der Waals surface area contributed by atoms with Crippen molar-refractivity contribution in [3.05, 3.63) is 53.3 Å². The first kappa shape index (κ1) is 14.3. The number of hydrogen-bond acceptors (Lipinski definition) is 3. The molecule has 1 N–H and O–H groups in total. The molecule has 3 nitrogen and oxygen atoms in total. The largest absolute Gasteiger partial charge is 0.493 e. The van der Waals surface area contributed by atoms with Crippen LogP contribution in [0.25, 0.3) is 0 Å². The molecular weight excluding hydrogens is 259 g/mol. The number of hydrogen-bond donors (Lipinski definition) is 1. The molecule has 0 saturated carbocycles. The molecule has 0 heterocycles. The normalized spacial score (nSPS) is 12.1. The van der Waals surface area contributed by atoms with Crippen LogP contribution in [0.1, 0.15) is 24.2 Å². The molecule has 2 aromatic carbocycles. The number of benzene rings is 2. The standard InChI is InChI=1S/C16H17FO3/c1-10-4-6-15(16(8-10)19-3)20-14-7-5-12(11(2)18)9-13(14)17/h4-9,11,18H,1-3H3/t11-/m1/s1. The summed E-state index contributed by atoms with van der Waals surface area (Å²) in [6.07, 6.45) is -0.715. The van der Waals surface area contributed by atoms with Crippen molar-refractivity contribution in [1.82, 2.24) is 0 Å². The predicted molar refractivity (Wildman–Crippen MR) is 74.8 cm³/mol. The van der Waals surface area contributed by atoms with Crippen LogP contribution >= 0.6 is 0 Å². The van der Waals surface area contributed by atoms with E-state index in [4.69, 9.17) is 9.47 Å². The minimum Gasteiger partial charge on any atom is -0.493 e. The Morgan fingerprint density at radius 2 is 1.75 bits per heavy atom. The second-order valence-electron chi connectivity index (χ2n) is 4.62. The Morgan fingerprint density at radius 3 is 2.35 bits per heavy atom. The van der Waals surface area contributed by atoms with Gasteiger partial charge in [0.15, 0.2) is 23.1 Å². The minimum absolute atomic E-state index is 0.0940. The SMILES string of the molecule is COc1cc(C)ccc1Oc1ccc([C@@H](C)O)cc1F. The molecule has 0 radical (unpaired) electrons. The molecule has 20 heavy (non-hydrogen) atoms. The summed E-state index contributed by atoms with van der Waals surface area (Å²) in [5.41, 5.74) is 1.53. The fraction of sp³-hybridized carbons (Fsp3) is 0.250. The Morgan fingerprint density at radius 1 is 1.05 bits per heavy atom. The Kier molecular flexibility index (Phi) is 4.25. The number of rotatable bonds is 4. The van der Waals surface area contributed by atoms with E-state index in [9.17, 15) is 9.50 Å². The first-order chi connectivity index (χ1) is 9.51. The summed E-state index contributed by atoms with van der Waals surface area (Å²) >= 11 is 0. The van der Waals surface area contributed by atoms with E-state index in [1.165, 1.54) is 19.2 Å². The topological polar surface area (TPSA) is 38.7 Å². The van der Waals surface area contributed by atoms with Crippen LogP contribution in [0.2, 0.25) is 0 Å². The summed E-state index contributed by atoms with van der Waals surface area (Å²) < 4.78 is 24.7. The van der Waals surface area contributed by atoms with Gasteiger partial charge < -0.3 is 14.6 Å². The van der Waals surface area contributed by atoms with Crippen molar-refractivity contribution < 1.29 is 19.0 Å². The van der Waals surface area contributed by atoms with Crippen molar-refractivity contribution in [2.24, 2.45) is 0 Å². The molecule has 2 rings (SSSR count). The van der Waals surface area contributed by atoms with Gasteiger partial charge >= 0.3 is 0 Å². The summed E-state index contributed by atoms with van der Waals surface area (Å²) in [5.74, 6) is 0.563. The van der Waals surface area contributed by atoms with Gasteiger partial charge in [0, 0.05) is 0 Å². The summed E-state index contributed by atoms with van der Waals surface area (Å²) in [6.45, 7) is 3.52. The quantitative estimate of drug-likeness (QED) is 0.917. The highest BCUT2D eigenvalue weighted by molar-refractivity contribution is 5.45. The van der Waals surface area contributed by atoms with Gasteiger partial charge in [-0.1, -0.05) is 12.1 Å². The van der Waals surface area contributed by atoms with Gasteiger partial charge in [-0.25, -0.2) is 4.39 Å². The number of aryl methyl sites for hydroxylation is 1. The van der Waals surface area contributed by atoms with E-state index >= 15 is 0 Å². The number of methoxy groups -OCH3 is 1. The van der Waals surface area contributed by atoms with Crippen LogP contribution < -0.4 is 9.47 Å². The second-order valence-corrected chi connectivity index (χ2v) is 4.62. The van der Waals surface area contributed by atoms with E-state index < -0.39 is 11.9 Å². The van der Waals surface area contributed by atoms with E-state index in [1.54, 1.807) is 19.1 Å². The van der Waals surface area contributed by atoms with Crippen molar-refractivity contribution >= 4 is 0 Å². The summed E-state index contributed by atoms with van der Waals surface area (Å²) in [5, 5.41) is 9.41. The summed E-state index contributed by atoms with van der Waals surface area (Å²) in [4.78, 5) is 0. The fourth-order valence-corrected chi connectivity index (χ4v) is 1.84. The molecule has 0 aliphatic rings. The molecule has 0 fully saturated rings. The third kappa shape index (κ3) is 3.08. The van der Waals surface area contributed by atoms with Crippen LogP contribution in [0.5, 0.6) is 17.2 Å². The smallest absolute Gasteiger partial charge is 0.169 e. The van der Waals surface area contributed by atoms with Crippen LogP contribution in [0, 0.1) is 12.7 Å². The molecule has 0 amide bonds. The van der Waals surface area contributed by atoms with Gasteiger partial charge in [-0.05, 0) is 49.2 Å². The molecular formula is C16H17FO3. The molecule has 4 heteroatoms. The highest BCUT2D eigenvalue weighted by atomic mass is 19.1. The van der Waals surface area contributed by atoms with Crippen LogP contribution in [0.4, 0.5) is 4.39 Å². The summed E-state index contributed by atoms with van der Waals surface area (Å²) in [6, 6.07) is 9.80. The molecule has 0 aromatic heterocycles. The van der Waals surface area contributed by atoms with Gasteiger partial charge in [0.1, 0.15) is 0 Å². The Labute approximate surface area is 117 Å². The first-order valence-corrected chi connectivity index (χ1v) is 6.31. The molecule has 0 aliphatic carbocycles. The van der Waals surface area contributed by atoms with Crippen molar-refractivity contribution in [3.63, 3.8) is 0 Å². The highest BCUT2D eigenvalue weighted by Crippen LogP contribution is 2.34. The average molecular weight is 276 g/mol. The second kappa shape index (κ2) is 5.92. The third-order valence-corrected chi connectivity index (χ3v) is 2.98. The predicted octanol–water partition coefficient (Wildman–Crippen LogP) is 3.99. The van der Waals surface area contributed by atoms with Crippen molar-refractivity contribution in [3.8, 4) is 17.2 Å². The van der Waals surface area contributed by atoms with Gasteiger partial charge in [-0.15, -0.1) is 0 Å². The minimum atomic E-state index is -0.715. The molecule has 106 valence electrons. The van der Waals surface area contributed by atoms with E-state index in [-0.39, 0.29) is 5.75 Å². The van der Waals surface area contributed by atoms with Gasteiger partial charge in [0.05, 0.1) is 13.2 Å². The van der Waals surface area contributed by atoms with Crippen molar-refractivity contribution in [1.29, 1.82) is 0 Å². The van der Waals surface area contributed by atoms with E-state index in [0.717, 1.165) is 5.56 Å². The first-order valence-electron chi connectivity index (χ1n) is 6.31. The molecule has 0 saturated heterocycles.